The van der Waals surface area contributed by atoms with Crippen molar-refractivity contribution in [3.63, 3.8) is 0 Å². The molecule has 0 aromatic carbocycles. The van der Waals surface area contributed by atoms with E-state index in [0.717, 1.165) is 36.9 Å². The predicted octanol–water partition coefficient (Wildman–Crippen LogP) is 2.57. The second-order valence-corrected chi connectivity index (χ2v) is 7.79. The highest BCUT2D eigenvalue weighted by Crippen LogP contribution is 2.08. The van der Waals surface area contributed by atoms with E-state index in [1.165, 1.54) is 4.88 Å². The standard InChI is InChI=1S/C17H25N5OS2.HI/c1-21(2)16(23)13-20-17(19-8-6-14-5-4-11-24-14)22(3)10-7-15-18-9-12-25-15;/h4-5,9,11-12H,6-8,10,13H2,1-3H3,(H,19,20);1H. The van der Waals surface area contributed by atoms with Crippen LogP contribution in [0.4, 0.5) is 0 Å². The van der Waals surface area contributed by atoms with E-state index >= 15 is 0 Å². The van der Waals surface area contributed by atoms with Crippen LogP contribution in [0.25, 0.3) is 0 Å². The molecular weight excluding hydrogens is 481 g/mol. The van der Waals surface area contributed by atoms with Gasteiger partial charge >= 0.3 is 0 Å². The van der Waals surface area contributed by atoms with Crippen molar-refractivity contribution in [2.24, 2.45) is 4.99 Å². The largest absolute Gasteiger partial charge is 0.356 e. The van der Waals surface area contributed by atoms with Crippen molar-refractivity contribution in [1.82, 2.24) is 20.1 Å². The highest BCUT2D eigenvalue weighted by Gasteiger charge is 2.10. The van der Waals surface area contributed by atoms with E-state index in [4.69, 9.17) is 0 Å². The summed E-state index contributed by atoms with van der Waals surface area (Å²) in [6.07, 6.45) is 3.63. The number of likely N-dealkylation sites (N-methyl/N-ethyl adjacent to an activating group) is 2. The number of nitrogens with one attached hydrogen (secondary N) is 1. The quantitative estimate of drug-likeness (QED) is 0.339. The third kappa shape index (κ3) is 8.00. The molecule has 0 unspecified atom stereocenters. The smallest absolute Gasteiger partial charge is 0.243 e. The van der Waals surface area contributed by atoms with Gasteiger partial charge < -0.3 is 15.1 Å². The summed E-state index contributed by atoms with van der Waals surface area (Å²) in [7, 11) is 5.48. The van der Waals surface area contributed by atoms with E-state index in [0.29, 0.717) is 0 Å². The molecule has 0 fully saturated rings. The van der Waals surface area contributed by atoms with Crippen molar-refractivity contribution in [3.05, 3.63) is 39.0 Å². The topological polar surface area (TPSA) is 60.8 Å². The molecule has 1 N–H and O–H groups in total. The van der Waals surface area contributed by atoms with Gasteiger partial charge in [0, 0.05) is 57.1 Å². The zero-order valence-corrected chi connectivity index (χ0v) is 19.3. The first kappa shape index (κ1) is 22.8. The normalized spacial score (nSPS) is 11.0. The highest BCUT2D eigenvalue weighted by molar-refractivity contribution is 14.0. The van der Waals surface area contributed by atoms with Crippen molar-refractivity contribution in [3.8, 4) is 0 Å². The van der Waals surface area contributed by atoms with Crippen LogP contribution in [-0.4, -0.2) is 67.4 Å². The molecule has 2 aromatic rings. The maximum absolute atomic E-state index is 11.8. The maximum Gasteiger partial charge on any atom is 0.243 e. The summed E-state index contributed by atoms with van der Waals surface area (Å²) >= 11 is 3.41. The number of thiazole rings is 1. The number of nitrogens with zero attached hydrogens (tertiary/aromatic N) is 4. The fourth-order valence-corrected chi connectivity index (χ4v) is 3.41. The summed E-state index contributed by atoms with van der Waals surface area (Å²) in [4.78, 5) is 25.6. The first-order chi connectivity index (χ1) is 12.1. The summed E-state index contributed by atoms with van der Waals surface area (Å²) in [5.74, 6) is 0.745. The molecule has 6 nitrogen and oxygen atoms in total. The fraction of sp³-hybridized carbons (Fsp3) is 0.471. The lowest BCUT2D eigenvalue weighted by Gasteiger charge is -2.22. The van der Waals surface area contributed by atoms with Gasteiger partial charge in [-0.3, -0.25) is 4.79 Å². The zero-order valence-electron chi connectivity index (χ0n) is 15.3. The molecule has 2 rings (SSSR count). The number of aromatic nitrogens is 1. The molecule has 0 aliphatic rings. The summed E-state index contributed by atoms with van der Waals surface area (Å²) in [5, 5.41) is 8.55. The van der Waals surface area contributed by atoms with Crippen LogP contribution in [0.1, 0.15) is 9.88 Å². The Balaban J connectivity index is 0.00000338. The van der Waals surface area contributed by atoms with Crippen LogP contribution in [0, 0.1) is 0 Å². The lowest BCUT2D eigenvalue weighted by Crippen LogP contribution is -2.41. The minimum Gasteiger partial charge on any atom is -0.356 e. The summed E-state index contributed by atoms with van der Waals surface area (Å²) in [5.41, 5.74) is 0. The number of hydrogen-bond donors (Lipinski definition) is 1. The number of rotatable bonds is 8. The van der Waals surface area contributed by atoms with E-state index in [1.807, 2.05) is 18.6 Å². The molecule has 0 bridgehead atoms. The third-order valence-electron chi connectivity index (χ3n) is 3.60. The van der Waals surface area contributed by atoms with Gasteiger partial charge in [-0.05, 0) is 17.9 Å². The van der Waals surface area contributed by atoms with E-state index < -0.39 is 0 Å². The molecule has 0 aliphatic heterocycles. The second kappa shape index (κ2) is 12.2. The van der Waals surface area contributed by atoms with Crippen molar-refractivity contribution < 1.29 is 4.79 Å². The Morgan fingerprint density at radius 2 is 2.04 bits per heavy atom. The van der Waals surface area contributed by atoms with Gasteiger partial charge in [-0.15, -0.1) is 46.7 Å². The molecule has 26 heavy (non-hydrogen) atoms. The van der Waals surface area contributed by atoms with E-state index in [2.05, 4.69) is 37.7 Å². The molecule has 144 valence electrons. The molecule has 0 saturated heterocycles. The molecule has 2 heterocycles. The van der Waals surface area contributed by atoms with Crippen LogP contribution in [0.15, 0.2) is 34.1 Å². The fourth-order valence-electron chi connectivity index (χ4n) is 2.09. The van der Waals surface area contributed by atoms with Crippen LogP contribution < -0.4 is 5.32 Å². The van der Waals surface area contributed by atoms with Crippen molar-refractivity contribution in [2.75, 3.05) is 40.8 Å². The SMILES string of the molecule is CN(C)C(=O)CN=C(NCCc1cccs1)N(C)CCc1nccs1.I. The highest BCUT2D eigenvalue weighted by atomic mass is 127. The van der Waals surface area contributed by atoms with Crippen LogP contribution in [-0.2, 0) is 17.6 Å². The Morgan fingerprint density at radius 3 is 2.65 bits per heavy atom. The minimum absolute atomic E-state index is 0. The lowest BCUT2D eigenvalue weighted by molar-refractivity contribution is -0.127. The average Bonchev–Trinajstić information content (AvgIpc) is 3.28. The Morgan fingerprint density at radius 1 is 1.23 bits per heavy atom. The molecule has 9 heteroatoms. The number of carbonyl (C=O) groups is 1. The molecule has 0 radical (unpaired) electrons. The number of aliphatic imine (C=N–C) groups is 1. The summed E-state index contributed by atoms with van der Waals surface area (Å²) in [6.45, 7) is 1.74. The monoisotopic (exact) mass is 507 g/mol. The van der Waals surface area contributed by atoms with Crippen molar-refractivity contribution >= 4 is 58.5 Å². The number of halogens is 1. The van der Waals surface area contributed by atoms with Gasteiger partial charge in [0.2, 0.25) is 5.91 Å². The summed E-state index contributed by atoms with van der Waals surface area (Å²) < 4.78 is 0. The number of hydrogen-bond acceptors (Lipinski definition) is 5. The van der Waals surface area contributed by atoms with Gasteiger partial charge in [-0.2, -0.15) is 0 Å². The second-order valence-electron chi connectivity index (χ2n) is 5.78. The van der Waals surface area contributed by atoms with Crippen LogP contribution in [0.3, 0.4) is 0 Å². The minimum atomic E-state index is -0.00844. The molecule has 0 aliphatic carbocycles. The Labute approximate surface area is 180 Å². The molecule has 1 amide bonds. The van der Waals surface area contributed by atoms with Gasteiger partial charge in [-0.1, -0.05) is 6.07 Å². The predicted molar refractivity (Wildman–Crippen MR) is 121 cm³/mol. The Kier molecular flexibility index (Phi) is 10.7. The number of guanidine groups is 1. The van der Waals surface area contributed by atoms with E-state index in [-0.39, 0.29) is 36.4 Å². The molecule has 0 spiro atoms. The molecule has 0 saturated carbocycles. The zero-order chi connectivity index (χ0) is 18.1. The number of carbonyl (C=O) groups excluding carboxylic acids is 1. The third-order valence-corrected chi connectivity index (χ3v) is 5.38. The van der Waals surface area contributed by atoms with E-state index in [1.54, 1.807) is 41.7 Å². The summed E-state index contributed by atoms with van der Waals surface area (Å²) in [6, 6.07) is 4.19. The van der Waals surface area contributed by atoms with Gasteiger partial charge in [0.25, 0.3) is 0 Å². The molecule has 2 aromatic heterocycles. The molecular formula is C17H26IN5OS2. The van der Waals surface area contributed by atoms with Gasteiger partial charge in [-0.25, -0.2) is 9.98 Å². The first-order valence-corrected chi connectivity index (χ1v) is 9.92. The lowest BCUT2D eigenvalue weighted by atomic mass is 10.3. The van der Waals surface area contributed by atoms with Crippen LogP contribution in [0.2, 0.25) is 0 Å². The molecule has 0 atom stereocenters. The first-order valence-electron chi connectivity index (χ1n) is 8.16. The Bertz CT molecular complexity index is 659. The van der Waals surface area contributed by atoms with E-state index in [9.17, 15) is 4.79 Å². The van der Waals surface area contributed by atoms with Crippen LogP contribution in [0.5, 0.6) is 0 Å². The Hall–Kier alpha value is -1.20. The maximum atomic E-state index is 11.8. The number of thiophene rings is 1. The van der Waals surface area contributed by atoms with Gasteiger partial charge in [0.15, 0.2) is 5.96 Å². The van der Waals surface area contributed by atoms with Gasteiger partial charge in [0.05, 0.1) is 5.01 Å². The van der Waals surface area contributed by atoms with Gasteiger partial charge in [0.1, 0.15) is 6.54 Å². The van der Waals surface area contributed by atoms with Crippen molar-refractivity contribution in [2.45, 2.75) is 12.8 Å². The van der Waals surface area contributed by atoms with Crippen molar-refractivity contribution in [1.29, 1.82) is 0 Å². The number of amides is 1. The average molecular weight is 507 g/mol. The van der Waals surface area contributed by atoms with Crippen LogP contribution >= 0.6 is 46.7 Å².